The van der Waals surface area contributed by atoms with Gasteiger partial charge in [0.2, 0.25) is 5.82 Å². The Hall–Kier alpha value is -2.35. The fraction of sp³-hybridized carbons (Fsp3) is 0.250. The van der Waals surface area contributed by atoms with E-state index in [1.807, 2.05) is 26.0 Å². The van der Waals surface area contributed by atoms with Gasteiger partial charge in [0.25, 0.3) is 0 Å². The number of ether oxygens (including phenoxy) is 1. The fourth-order valence-electron chi connectivity index (χ4n) is 1.79. The Balaban J connectivity index is 2.51. The highest BCUT2D eigenvalue weighted by molar-refractivity contribution is 5.61. The molecule has 17 heavy (non-hydrogen) atoms. The van der Waals surface area contributed by atoms with Gasteiger partial charge in [0.15, 0.2) is 6.07 Å². The third-order valence-corrected chi connectivity index (χ3v) is 2.44. The molecule has 0 saturated carbocycles. The summed E-state index contributed by atoms with van der Waals surface area (Å²) in [5.74, 6) is 1.22. The first-order valence-corrected chi connectivity index (χ1v) is 5.05. The van der Waals surface area contributed by atoms with E-state index in [4.69, 9.17) is 14.5 Å². The highest BCUT2D eigenvalue weighted by Gasteiger charge is 2.11. The zero-order chi connectivity index (χ0) is 12.4. The number of rotatable bonds is 2. The summed E-state index contributed by atoms with van der Waals surface area (Å²) in [6.07, 6.45) is 0. The van der Waals surface area contributed by atoms with Crippen molar-refractivity contribution in [2.24, 2.45) is 0 Å². The average molecular weight is 229 g/mol. The molecule has 0 fully saturated rings. The van der Waals surface area contributed by atoms with Crippen LogP contribution in [-0.2, 0) is 0 Å². The molecule has 2 rings (SSSR count). The molecule has 0 unspecified atom stereocenters. The molecule has 5 heteroatoms. The molecule has 0 aliphatic rings. The first kappa shape index (κ1) is 11.1. The van der Waals surface area contributed by atoms with Crippen LogP contribution in [-0.4, -0.2) is 17.3 Å². The zero-order valence-corrected chi connectivity index (χ0v) is 9.81. The van der Waals surface area contributed by atoms with E-state index in [9.17, 15) is 0 Å². The zero-order valence-electron chi connectivity index (χ0n) is 9.81. The average Bonchev–Trinajstić information content (AvgIpc) is 2.77. The van der Waals surface area contributed by atoms with Crippen molar-refractivity contribution in [3.63, 3.8) is 0 Å². The van der Waals surface area contributed by atoms with Gasteiger partial charge in [-0.05, 0) is 37.1 Å². The first-order valence-electron chi connectivity index (χ1n) is 5.05. The van der Waals surface area contributed by atoms with Gasteiger partial charge in [-0.25, -0.2) is 0 Å². The quantitative estimate of drug-likeness (QED) is 0.789. The fourth-order valence-corrected chi connectivity index (χ4v) is 1.79. The molecule has 1 aromatic heterocycles. The van der Waals surface area contributed by atoms with Gasteiger partial charge < -0.3 is 9.26 Å². The van der Waals surface area contributed by atoms with E-state index in [0.29, 0.717) is 5.82 Å². The standard InChI is InChI=1S/C12H11N3O2/c1-7-4-9(5-8(2)11(7)16-3)12-14-10(6-13)17-15-12/h4-5H,1-3H3. The van der Waals surface area contributed by atoms with E-state index in [0.717, 1.165) is 22.4 Å². The number of aromatic nitrogens is 2. The molecule has 5 nitrogen and oxygen atoms in total. The summed E-state index contributed by atoms with van der Waals surface area (Å²) < 4.78 is 10.0. The van der Waals surface area contributed by atoms with Crippen LogP contribution < -0.4 is 4.74 Å². The number of benzene rings is 1. The second kappa shape index (κ2) is 4.26. The van der Waals surface area contributed by atoms with Gasteiger partial charge in [-0.3, -0.25) is 0 Å². The molecule has 0 amide bonds. The highest BCUT2D eigenvalue weighted by atomic mass is 16.5. The van der Waals surface area contributed by atoms with E-state index in [1.165, 1.54) is 0 Å². The minimum absolute atomic E-state index is 0.0360. The summed E-state index contributed by atoms with van der Waals surface area (Å²) in [6.45, 7) is 3.89. The summed E-state index contributed by atoms with van der Waals surface area (Å²) in [5.41, 5.74) is 2.79. The van der Waals surface area contributed by atoms with Crippen molar-refractivity contribution in [3.05, 3.63) is 29.2 Å². The van der Waals surface area contributed by atoms with Crippen LogP contribution in [0.15, 0.2) is 16.7 Å². The number of hydrogen-bond acceptors (Lipinski definition) is 5. The minimum Gasteiger partial charge on any atom is -0.496 e. The molecule has 0 bridgehead atoms. The molecule has 1 aromatic carbocycles. The van der Waals surface area contributed by atoms with Gasteiger partial charge in [0.1, 0.15) is 5.75 Å². The Labute approximate surface area is 98.6 Å². The van der Waals surface area contributed by atoms with Crippen molar-refractivity contribution in [3.8, 4) is 23.2 Å². The van der Waals surface area contributed by atoms with Gasteiger partial charge in [-0.1, -0.05) is 5.16 Å². The molecule has 0 atom stereocenters. The molecular weight excluding hydrogens is 218 g/mol. The van der Waals surface area contributed by atoms with E-state index in [2.05, 4.69) is 10.1 Å². The Morgan fingerprint density at radius 1 is 1.29 bits per heavy atom. The molecule has 2 aromatic rings. The van der Waals surface area contributed by atoms with Crippen molar-refractivity contribution in [1.82, 2.24) is 10.1 Å². The summed E-state index contributed by atoms with van der Waals surface area (Å²) in [6, 6.07) is 5.61. The SMILES string of the molecule is COc1c(C)cc(-c2noc(C#N)n2)cc1C. The Morgan fingerprint density at radius 2 is 1.94 bits per heavy atom. The normalized spacial score (nSPS) is 10.0. The van der Waals surface area contributed by atoms with Gasteiger partial charge in [-0.15, -0.1) is 0 Å². The number of nitrogens with zero attached hydrogens (tertiary/aromatic N) is 3. The molecule has 0 N–H and O–H groups in total. The Kier molecular flexibility index (Phi) is 2.79. The summed E-state index contributed by atoms with van der Waals surface area (Å²) in [4.78, 5) is 3.96. The predicted molar refractivity (Wildman–Crippen MR) is 60.5 cm³/mol. The lowest BCUT2D eigenvalue weighted by Crippen LogP contribution is -1.92. The van der Waals surface area contributed by atoms with E-state index in [-0.39, 0.29) is 5.89 Å². The van der Waals surface area contributed by atoms with Crippen LogP contribution in [0.25, 0.3) is 11.4 Å². The van der Waals surface area contributed by atoms with Crippen LogP contribution in [0, 0.1) is 25.2 Å². The number of methoxy groups -OCH3 is 1. The van der Waals surface area contributed by atoms with Crippen LogP contribution in [0.5, 0.6) is 5.75 Å². The molecule has 0 aliphatic heterocycles. The number of aryl methyl sites for hydroxylation is 2. The van der Waals surface area contributed by atoms with Crippen molar-refractivity contribution in [1.29, 1.82) is 5.26 Å². The summed E-state index contributed by atoms with van der Waals surface area (Å²) >= 11 is 0. The maximum Gasteiger partial charge on any atom is 0.329 e. The van der Waals surface area contributed by atoms with Crippen molar-refractivity contribution < 1.29 is 9.26 Å². The van der Waals surface area contributed by atoms with Gasteiger partial charge >= 0.3 is 5.89 Å². The van der Waals surface area contributed by atoms with Crippen LogP contribution in [0.1, 0.15) is 17.0 Å². The van der Waals surface area contributed by atoms with E-state index >= 15 is 0 Å². The Morgan fingerprint density at radius 3 is 2.41 bits per heavy atom. The summed E-state index contributed by atoms with van der Waals surface area (Å²) in [7, 11) is 1.64. The van der Waals surface area contributed by atoms with E-state index < -0.39 is 0 Å². The molecule has 86 valence electrons. The molecule has 0 radical (unpaired) electrons. The minimum atomic E-state index is -0.0360. The van der Waals surface area contributed by atoms with Crippen LogP contribution in [0.2, 0.25) is 0 Å². The Bertz CT molecular complexity index is 573. The first-order chi connectivity index (χ1) is 8.15. The third kappa shape index (κ3) is 1.97. The second-order valence-electron chi connectivity index (χ2n) is 3.68. The maximum absolute atomic E-state index is 8.62. The smallest absolute Gasteiger partial charge is 0.329 e. The lowest BCUT2D eigenvalue weighted by molar-refractivity contribution is 0.407. The predicted octanol–water partition coefficient (Wildman–Crippen LogP) is 2.23. The van der Waals surface area contributed by atoms with Gasteiger partial charge in [0, 0.05) is 5.56 Å². The number of nitriles is 1. The van der Waals surface area contributed by atoms with Gasteiger partial charge in [-0.2, -0.15) is 10.2 Å². The molecular formula is C12H11N3O2. The molecule has 0 aliphatic carbocycles. The molecule has 0 spiro atoms. The van der Waals surface area contributed by atoms with Gasteiger partial charge in [0.05, 0.1) is 7.11 Å². The van der Waals surface area contributed by atoms with Crippen molar-refractivity contribution >= 4 is 0 Å². The van der Waals surface area contributed by atoms with Crippen LogP contribution >= 0.6 is 0 Å². The second-order valence-corrected chi connectivity index (χ2v) is 3.68. The van der Waals surface area contributed by atoms with E-state index in [1.54, 1.807) is 13.2 Å². The lowest BCUT2D eigenvalue weighted by atomic mass is 10.1. The summed E-state index contributed by atoms with van der Waals surface area (Å²) in [5, 5.41) is 12.4. The van der Waals surface area contributed by atoms with Crippen molar-refractivity contribution in [2.45, 2.75) is 13.8 Å². The number of hydrogen-bond donors (Lipinski definition) is 0. The lowest BCUT2D eigenvalue weighted by Gasteiger charge is -2.09. The molecule has 0 saturated heterocycles. The van der Waals surface area contributed by atoms with Crippen LogP contribution in [0.4, 0.5) is 0 Å². The molecule has 1 heterocycles. The largest absolute Gasteiger partial charge is 0.496 e. The monoisotopic (exact) mass is 229 g/mol. The topological polar surface area (TPSA) is 71.9 Å². The highest BCUT2D eigenvalue weighted by Crippen LogP contribution is 2.28. The third-order valence-electron chi connectivity index (χ3n) is 2.44. The maximum atomic E-state index is 8.62. The van der Waals surface area contributed by atoms with Crippen molar-refractivity contribution in [2.75, 3.05) is 7.11 Å². The van der Waals surface area contributed by atoms with Crippen LogP contribution in [0.3, 0.4) is 0 Å².